The van der Waals surface area contributed by atoms with Gasteiger partial charge in [0.2, 0.25) is 0 Å². The van der Waals surface area contributed by atoms with E-state index in [-0.39, 0.29) is 0 Å². The molecule has 1 N–H and O–H groups in total. The lowest BCUT2D eigenvalue weighted by Gasteiger charge is -2.36. The van der Waals surface area contributed by atoms with E-state index in [0.717, 1.165) is 0 Å². The SMILES string of the molecule is O=S(=O)(O)OC(F)(F)C(F)(F)C(F)(F)C(F)(F)C(F)CC(F)(F)F. The monoisotopic (exact) mass is 412 g/mol. The fourth-order valence-corrected chi connectivity index (χ4v) is 1.47. The predicted molar refractivity (Wildman–Crippen MR) is 48.0 cm³/mol. The van der Waals surface area contributed by atoms with Crippen LogP contribution in [0.1, 0.15) is 6.42 Å². The van der Waals surface area contributed by atoms with Gasteiger partial charge >= 0.3 is 40.5 Å². The Bertz CT molecular complexity index is 552. The molecule has 0 aliphatic carbocycles. The molecule has 0 saturated carbocycles. The summed E-state index contributed by atoms with van der Waals surface area (Å²) < 4.78 is 180. The van der Waals surface area contributed by atoms with Gasteiger partial charge in [0, 0.05) is 0 Å². The summed E-state index contributed by atoms with van der Waals surface area (Å²) in [5.74, 6) is -22.1. The van der Waals surface area contributed by atoms with E-state index in [1.54, 1.807) is 0 Å². The molecule has 0 spiro atoms. The van der Waals surface area contributed by atoms with Gasteiger partial charge in [-0.25, -0.2) is 4.39 Å². The molecule has 1 unspecified atom stereocenters. The van der Waals surface area contributed by atoms with Crippen LogP contribution in [0.15, 0.2) is 0 Å². The van der Waals surface area contributed by atoms with Crippen molar-refractivity contribution >= 4 is 10.4 Å². The Hall–Kier alpha value is -0.970. The molecule has 0 aromatic rings. The highest BCUT2D eigenvalue weighted by Crippen LogP contribution is 2.55. The molecule has 4 nitrogen and oxygen atoms in total. The van der Waals surface area contributed by atoms with Crippen molar-refractivity contribution in [3.05, 3.63) is 0 Å². The van der Waals surface area contributed by atoms with Gasteiger partial charge in [-0.1, -0.05) is 0 Å². The van der Waals surface area contributed by atoms with E-state index in [4.69, 9.17) is 4.55 Å². The zero-order chi connectivity index (χ0) is 20.0. The second-order valence-electron chi connectivity index (χ2n) is 4.09. The molecule has 24 heavy (non-hydrogen) atoms. The second-order valence-corrected chi connectivity index (χ2v) is 5.11. The van der Waals surface area contributed by atoms with Crippen LogP contribution < -0.4 is 0 Å². The third kappa shape index (κ3) is 4.56. The maximum absolute atomic E-state index is 12.9. The fourth-order valence-electron chi connectivity index (χ4n) is 1.10. The van der Waals surface area contributed by atoms with Crippen LogP contribution in [0, 0.1) is 0 Å². The number of hydrogen-bond acceptors (Lipinski definition) is 3. The zero-order valence-corrected chi connectivity index (χ0v) is 11.2. The highest BCUT2D eigenvalue weighted by atomic mass is 32.3. The minimum absolute atomic E-state index is 1.84. The first-order valence-corrected chi connectivity index (χ1v) is 6.35. The van der Waals surface area contributed by atoms with Gasteiger partial charge < -0.3 is 0 Å². The van der Waals surface area contributed by atoms with Gasteiger partial charge in [-0.2, -0.15) is 60.9 Å². The van der Waals surface area contributed by atoms with Crippen molar-refractivity contribution < 1.29 is 69.8 Å². The summed E-state index contributed by atoms with van der Waals surface area (Å²) in [5.41, 5.74) is 0. The van der Waals surface area contributed by atoms with Crippen LogP contribution in [0.2, 0.25) is 0 Å². The highest BCUT2D eigenvalue weighted by molar-refractivity contribution is 7.80. The first-order chi connectivity index (χ1) is 10.1. The molecule has 0 bridgehead atoms. The fraction of sp³-hybridized carbons (Fsp3) is 1.00. The van der Waals surface area contributed by atoms with Crippen LogP contribution in [0.3, 0.4) is 0 Å². The van der Waals surface area contributed by atoms with Crippen molar-refractivity contribution in [1.29, 1.82) is 0 Å². The summed E-state index contributed by atoms with van der Waals surface area (Å²) in [4.78, 5) is 0. The van der Waals surface area contributed by atoms with E-state index < -0.39 is 53.0 Å². The maximum atomic E-state index is 12.9. The van der Waals surface area contributed by atoms with E-state index in [2.05, 4.69) is 0 Å². The van der Waals surface area contributed by atoms with Gasteiger partial charge in [-0.15, -0.1) is 0 Å². The van der Waals surface area contributed by atoms with Crippen molar-refractivity contribution in [3.8, 4) is 0 Å². The molecule has 0 radical (unpaired) electrons. The van der Waals surface area contributed by atoms with Crippen LogP contribution in [0.5, 0.6) is 0 Å². The molecule has 0 heterocycles. The molecule has 146 valence electrons. The predicted octanol–water partition coefficient (Wildman–Crippen LogP) is 3.60. The van der Waals surface area contributed by atoms with Crippen LogP contribution in [-0.2, 0) is 14.6 Å². The Morgan fingerprint density at radius 3 is 1.50 bits per heavy atom. The highest BCUT2D eigenvalue weighted by Gasteiger charge is 2.84. The molecule has 17 heteroatoms. The van der Waals surface area contributed by atoms with E-state index in [0.29, 0.717) is 0 Å². The summed E-state index contributed by atoms with van der Waals surface area (Å²) in [5, 5.41) is 0. The lowest BCUT2D eigenvalue weighted by atomic mass is 9.97. The Morgan fingerprint density at radius 2 is 1.21 bits per heavy atom. The first kappa shape index (κ1) is 23.0. The average molecular weight is 412 g/mol. The number of alkyl halides is 12. The lowest BCUT2D eigenvalue weighted by Crippen LogP contribution is -2.65. The molecule has 0 aliphatic rings. The van der Waals surface area contributed by atoms with E-state index in [9.17, 15) is 61.1 Å². The summed E-state index contributed by atoms with van der Waals surface area (Å²) in [6, 6.07) is 0. The molecular formula is C7H4F12O4S. The molecular weight excluding hydrogens is 408 g/mol. The van der Waals surface area contributed by atoms with Crippen molar-refractivity contribution in [2.45, 2.75) is 42.6 Å². The molecule has 0 saturated heterocycles. The van der Waals surface area contributed by atoms with Crippen LogP contribution in [0.25, 0.3) is 0 Å². The van der Waals surface area contributed by atoms with Crippen LogP contribution in [0.4, 0.5) is 52.7 Å². The van der Waals surface area contributed by atoms with Gasteiger partial charge in [0.15, 0.2) is 6.17 Å². The molecule has 0 rings (SSSR count). The Labute approximate surface area is 124 Å². The molecule has 0 aliphatic heterocycles. The van der Waals surface area contributed by atoms with Crippen LogP contribution in [-0.4, -0.2) is 49.2 Å². The number of rotatable bonds is 7. The quantitative estimate of drug-likeness (QED) is 0.513. The van der Waals surface area contributed by atoms with Crippen molar-refractivity contribution in [2.75, 3.05) is 0 Å². The van der Waals surface area contributed by atoms with Gasteiger partial charge in [-0.3, -0.25) is 4.55 Å². The molecule has 0 amide bonds. The lowest BCUT2D eigenvalue weighted by molar-refractivity contribution is -0.415. The van der Waals surface area contributed by atoms with Crippen molar-refractivity contribution in [3.63, 3.8) is 0 Å². The number of halogens is 12. The summed E-state index contributed by atoms with van der Waals surface area (Å²) in [6.45, 7) is 0. The summed E-state index contributed by atoms with van der Waals surface area (Å²) in [7, 11) is -6.60. The van der Waals surface area contributed by atoms with Gasteiger partial charge in [0.05, 0.1) is 6.42 Å². The topological polar surface area (TPSA) is 63.6 Å². The summed E-state index contributed by atoms with van der Waals surface area (Å²) >= 11 is 0. The number of hydrogen-bond donors (Lipinski definition) is 1. The maximum Gasteiger partial charge on any atom is 0.441 e. The second kappa shape index (κ2) is 6.08. The largest absolute Gasteiger partial charge is 0.441 e. The third-order valence-electron chi connectivity index (χ3n) is 2.19. The standard InChI is InChI=1S/C7H4F12O4S/c8-2(1-3(9,10)11)4(12,13)5(14,15)6(16,17)7(18,19)23-24(20,21)22/h2H,1H2,(H,20,21,22). The Balaban J connectivity index is 5.91. The molecule has 0 fully saturated rings. The Kier molecular flexibility index (Phi) is 5.83. The van der Waals surface area contributed by atoms with E-state index >= 15 is 0 Å². The third-order valence-corrected chi connectivity index (χ3v) is 2.61. The van der Waals surface area contributed by atoms with Crippen molar-refractivity contribution in [2.24, 2.45) is 0 Å². The minimum atomic E-state index is -7.56. The van der Waals surface area contributed by atoms with Gasteiger partial charge in [-0.05, 0) is 0 Å². The molecule has 1 atom stereocenters. The smallest absolute Gasteiger partial charge is 0.263 e. The van der Waals surface area contributed by atoms with E-state index in [1.165, 1.54) is 0 Å². The molecule has 0 aromatic heterocycles. The Morgan fingerprint density at radius 1 is 0.833 bits per heavy atom. The first-order valence-electron chi connectivity index (χ1n) is 4.98. The normalized spacial score (nSPS) is 17.0. The minimum Gasteiger partial charge on any atom is -0.263 e. The summed E-state index contributed by atoms with van der Waals surface area (Å²) in [6.07, 6.45) is -21.5. The van der Waals surface area contributed by atoms with Crippen LogP contribution >= 0.6 is 0 Å². The average Bonchev–Trinajstić information content (AvgIpc) is 2.22. The van der Waals surface area contributed by atoms with Gasteiger partial charge in [0.25, 0.3) is 0 Å². The van der Waals surface area contributed by atoms with Gasteiger partial charge in [0.1, 0.15) is 0 Å². The zero-order valence-electron chi connectivity index (χ0n) is 10.4. The van der Waals surface area contributed by atoms with E-state index in [1.807, 2.05) is 4.18 Å². The van der Waals surface area contributed by atoms with Crippen molar-refractivity contribution in [1.82, 2.24) is 0 Å². The molecule has 0 aromatic carbocycles.